The second-order valence-corrected chi connectivity index (χ2v) is 4.67. The maximum Gasteiger partial charge on any atom is 0.137 e. The van der Waals surface area contributed by atoms with Crippen molar-refractivity contribution in [3.05, 3.63) is 66.4 Å². The normalized spacial score (nSPS) is 10.5. The van der Waals surface area contributed by atoms with E-state index in [1.54, 1.807) is 12.4 Å². The maximum absolute atomic E-state index is 5.37. The molecule has 0 aliphatic carbocycles. The molecule has 100 valence electrons. The van der Waals surface area contributed by atoms with Gasteiger partial charge in [-0.1, -0.05) is 18.2 Å². The number of furan rings is 2. The zero-order chi connectivity index (χ0) is 13.9. The molecule has 20 heavy (non-hydrogen) atoms. The maximum atomic E-state index is 5.37. The van der Waals surface area contributed by atoms with Crippen LogP contribution >= 0.6 is 0 Å². The van der Waals surface area contributed by atoms with E-state index in [2.05, 4.69) is 4.98 Å². The largest absolute Gasteiger partial charge is 0.461 e. The molecule has 0 bridgehead atoms. The number of pyridine rings is 1. The molecule has 0 fully saturated rings. The Morgan fingerprint density at radius 3 is 2.15 bits per heavy atom. The Morgan fingerprint density at radius 1 is 0.800 bits per heavy atom. The molecule has 3 heteroatoms. The second-order valence-electron chi connectivity index (χ2n) is 4.67. The van der Waals surface area contributed by atoms with E-state index in [0.717, 1.165) is 28.1 Å². The lowest BCUT2D eigenvalue weighted by molar-refractivity contribution is 0.578. The van der Waals surface area contributed by atoms with E-state index in [9.17, 15) is 0 Å². The second kappa shape index (κ2) is 5.21. The number of fused-ring (bicyclic) bond motifs is 2. The van der Waals surface area contributed by atoms with Crippen molar-refractivity contribution in [2.24, 2.45) is 0 Å². The van der Waals surface area contributed by atoms with Gasteiger partial charge in [0.05, 0.1) is 0 Å². The Morgan fingerprint density at radius 2 is 1.45 bits per heavy atom. The first-order chi connectivity index (χ1) is 9.72. The van der Waals surface area contributed by atoms with Crippen molar-refractivity contribution in [3.63, 3.8) is 0 Å². The van der Waals surface area contributed by atoms with Gasteiger partial charge in [-0.05, 0) is 38.1 Å². The lowest BCUT2D eigenvalue weighted by Crippen LogP contribution is -1.65. The third-order valence-corrected chi connectivity index (χ3v) is 2.99. The summed E-state index contributed by atoms with van der Waals surface area (Å²) in [4.78, 5) is 3.97. The molecular weight excluding hydrogens is 250 g/mol. The zero-order valence-corrected chi connectivity index (χ0v) is 11.5. The first-order valence-electron chi connectivity index (χ1n) is 6.48. The molecule has 0 saturated carbocycles. The highest BCUT2D eigenvalue weighted by Gasteiger charge is 1.96. The molecule has 0 unspecified atom stereocenters. The Kier molecular flexibility index (Phi) is 3.25. The topological polar surface area (TPSA) is 39.2 Å². The monoisotopic (exact) mass is 265 g/mol. The minimum absolute atomic E-state index is 0.910. The number of aryl methyl sites for hydroxylation is 2. The number of nitrogens with zero attached hydrogens (tertiary/aromatic N) is 1. The fourth-order valence-electron chi connectivity index (χ4n) is 2.13. The lowest BCUT2D eigenvalue weighted by Gasteiger charge is -1.82. The van der Waals surface area contributed by atoms with Crippen molar-refractivity contribution in [3.8, 4) is 0 Å². The van der Waals surface area contributed by atoms with Gasteiger partial charge in [0.15, 0.2) is 0 Å². The van der Waals surface area contributed by atoms with Crippen LogP contribution in [0.15, 0.2) is 63.7 Å². The number of aromatic nitrogens is 1. The summed E-state index contributed by atoms with van der Waals surface area (Å²) in [5, 5.41) is 2.25. The van der Waals surface area contributed by atoms with Crippen molar-refractivity contribution in [2.45, 2.75) is 13.8 Å². The van der Waals surface area contributed by atoms with Gasteiger partial charge in [0.2, 0.25) is 0 Å². The van der Waals surface area contributed by atoms with Gasteiger partial charge < -0.3 is 8.83 Å². The van der Waals surface area contributed by atoms with E-state index >= 15 is 0 Å². The molecule has 0 aliphatic heterocycles. The molecule has 1 aromatic carbocycles. The minimum atomic E-state index is 0.910. The molecule has 4 rings (SSSR count). The molecule has 0 saturated heterocycles. The van der Waals surface area contributed by atoms with Gasteiger partial charge in [0.25, 0.3) is 0 Å². The molecular formula is C17H15NO2. The number of hydrogen-bond acceptors (Lipinski definition) is 3. The van der Waals surface area contributed by atoms with Crippen molar-refractivity contribution < 1.29 is 8.83 Å². The highest BCUT2D eigenvalue weighted by Crippen LogP contribution is 2.17. The Bertz CT molecular complexity index is 704. The van der Waals surface area contributed by atoms with Crippen LogP contribution in [-0.4, -0.2) is 4.98 Å². The third kappa shape index (κ3) is 2.57. The number of rotatable bonds is 0. The van der Waals surface area contributed by atoms with Gasteiger partial charge >= 0.3 is 0 Å². The molecule has 0 amide bonds. The van der Waals surface area contributed by atoms with E-state index < -0.39 is 0 Å². The summed E-state index contributed by atoms with van der Waals surface area (Å²) < 4.78 is 10.7. The first kappa shape index (κ1) is 12.5. The molecule has 4 aromatic rings. The summed E-state index contributed by atoms with van der Waals surface area (Å²) in [5.41, 5.74) is 1.88. The number of para-hydroxylation sites is 1. The average molecular weight is 265 g/mol. The summed E-state index contributed by atoms with van der Waals surface area (Å²) in [5.74, 6) is 1.91. The third-order valence-electron chi connectivity index (χ3n) is 2.99. The van der Waals surface area contributed by atoms with Crippen LogP contribution in [0.5, 0.6) is 0 Å². The van der Waals surface area contributed by atoms with Crippen LogP contribution in [0.25, 0.3) is 21.9 Å². The van der Waals surface area contributed by atoms with Crippen molar-refractivity contribution in [1.82, 2.24) is 4.98 Å². The van der Waals surface area contributed by atoms with Crippen LogP contribution in [-0.2, 0) is 0 Å². The fraction of sp³-hybridized carbons (Fsp3) is 0.118. The summed E-state index contributed by atoms with van der Waals surface area (Å²) in [6, 6.07) is 13.9. The van der Waals surface area contributed by atoms with Gasteiger partial charge in [-0.3, -0.25) is 4.98 Å². The van der Waals surface area contributed by atoms with Crippen LogP contribution in [0.3, 0.4) is 0 Å². The molecule has 3 heterocycles. The SMILES string of the molecule is Cc1cc2ccccc2o1.Cc1cc2cnccc2o1. The Hall–Kier alpha value is -2.55. The predicted molar refractivity (Wildman–Crippen MR) is 79.7 cm³/mol. The van der Waals surface area contributed by atoms with Gasteiger partial charge in [-0.25, -0.2) is 0 Å². The van der Waals surface area contributed by atoms with Crippen molar-refractivity contribution in [1.29, 1.82) is 0 Å². The highest BCUT2D eigenvalue weighted by molar-refractivity contribution is 5.77. The molecule has 0 spiro atoms. The molecule has 0 aliphatic rings. The van der Waals surface area contributed by atoms with E-state index in [1.165, 1.54) is 5.39 Å². The average Bonchev–Trinajstić information content (AvgIpc) is 2.99. The standard InChI is InChI=1S/C9H8O.C8H7NO/c1-7-6-8-4-2-3-5-9(8)10-7;1-6-4-7-5-9-3-2-8(7)10-6/h2-6H,1H3;2-5H,1H3. The van der Waals surface area contributed by atoms with Crippen LogP contribution in [0, 0.1) is 13.8 Å². The van der Waals surface area contributed by atoms with Crippen LogP contribution in [0.4, 0.5) is 0 Å². The number of hydrogen-bond donors (Lipinski definition) is 0. The molecule has 0 atom stereocenters. The Labute approximate surface area is 116 Å². The van der Waals surface area contributed by atoms with Gasteiger partial charge in [0, 0.05) is 23.2 Å². The number of benzene rings is 1. The van der Waals surface area contributed by atoms with E-state index in [0.29, 0.717) is 0 Å². The summed E-state index contributed by atoms with van der Waals surface area (Å²) in [7, 11) is 0. The van der Waals surface area contributed by atoms with Gasteiger partial charge in [-0.2, -0.15) is 0 Å². The molecule has 3 nitrogen and oxygen atoms in total. The van der Waals surface area contributed by atoms with Crippen LogP contribution < -0.4 is 0 Å². The molecule has 3 aromatic heterocycles. The smallest absolute Gasteiger partial charge is 0.137 e. The predicted octanol–water partition coefficient (Wildman–Crippen LogP) is 4.88. The van der Waals surface area contributed by atoms with E-state index in [-0.39, 0.29) is 0 Å². The van der Waals surface area contributed by atoms with Crippen molar-refractivity contribution in [2.75, 3.05) is 0 Å². The minimum Gasteiger partial charge on any atom is -0.461 e. The Balaban J connectivity index is 0.000000121. The summed E-state index contributed by atoms with van der Waals surface area (Å²) in [6.45, 7) is 3.89. The van der Waals surface area contributed by atoms with E-state index in [1.807, 2.05) is 56.3 Å². The molecule has 0 radical (unpaired) electrons. The fourth-order valence-corrected chi connectivity index (χ4v) is 2.13. The van der Waals surface area contributed by atoms with Crippen LogP contribution in [0.1, 0.15) is 11.5 Å². The molecule has 0 N–H and O–H groups in total. The van der Waals surface area contributed by atoms with Gasteiger partial charge in [0.1, 0.15) is 22.7 Å². The van der Waals surface area contributed by atoms with Crippen molar-refractivity contribution >= 4 is 21.9 Å². The highest BCUT2D eigenvalue weighted by atomic mass is 16.3. The summed E-state index contributed by atoms with van der Waals surface area (Å²) in [6.07, 6.45) is 3.52. The van der Waals surface area contributed by atoms with E-state index in [4.69, 9.17) is 8.83 Å². The summed E-state index contributed by atoms with van der Waals surface area (Å²) >= 11 is 0. The van der Waals surface area contributed by atoms with Crippen LogP contribution in [0.2, 0.25) is 0 Å². The first-order valence-corrected chi connectivity index (χ1v) is 6.48. The quantitative estimate of drug-likeness (QED) is 0.455. The van der Waals surface area contributed by atoms with Gasteiger partial charge in [-0.15, -0.1) is 0 Å². The zero-order valence-electron chi connectivity index (χ0n) is 11.5. The lowest BCUT2D eigenvalue weighted by atomic mass is 10.2.